The Morgan fingerprint density at radius 1 is 1.03 bits per heavy atom. The zero-order valence-electron chi connectivity index (χ0n) is 17.3. The van der Waals surface area contributed by atoms with Crippen molar-refractivity contribution in [1.29, 1.82) is 0 Å². The van der Waals surface area contributed by atoms with Crippen LogP contribution in [0.2, 0.25) is 0 Å². The van der Waals surface area contributed by atoms with Crippen molar-refractivity contribution < 1.29 is 31.1 Å². The van der Waals surface area contributed by atoms with E-state index >= 15 is 0 Å². The fraction of sp³-hybridized carbons (Fsp3) is 0.429. The lowest BCUT2D eigenvalue weighted by molar-refractivity contribution is -0.137. The summed E-state index contributed by atoms with van der Waals surface area (Å²) < 4.78 is 80.9. The number of halogens is 4. The van der Waals surface area contributed by atoms with Gasteiger partial charge in [0, 0.05) is 31.4 Å². The van der Waals surface area contributed by atoms with Crippen molar-refractivity contribution in [3.8, 4) is 0 Å². The van der Waals surface area contributed by atoms with Crippen LogP contribution in [-0.4, -0.2) is 43.5 Å². The molecule has 0 spiro atoms. The molecule has 1 atom stereocenters. The van der Waals surface area contributed by atoms with Crippen LogP contribution in [0.3, 0.4) is 0 Å². The Morgan fingerprint density at radius 2 is 1.65 bits per heavy atom. The van der Waals surface area contributed by atoms with E-state index in [0.717, 1.165) is 12.1 Å². The molecule has 2 aromatic carbocycles. The smallest absolute Gasteiger partial charge is 0.386 e. The molecule has 1 fully saturated rings. The standard InChI is InChI=1S/C21H24F4N2O3S/c1-14-13-26(19-9-6-16(22)12-18(19)21(23,24)25)10-11-27(14)31(29,30)17-7-4-15(5-8-17)20(2,3)28/h4-9,12,14,28H,10-11,13H2,1-3H3/t14-/m1/s1. The predicted octanol–water partition coefficient (Wildman–Crippen LogP) is 3.97. The average molecular weight is 460 g/mol. The molecule has 1 aliphatic rings. The van der Waals surface area contributed by atoms with E-state index in [1.54, 1.807) is 20.8 Å². The third kappa shape index (κ3) is 4.86. The molecule has 3 rings (SSSR count). The van der Waals surface area contributed by atoms with E-state index in [1.165, 1.54) is 33.5 Å². The predicted molar refractivity (Wildman–Crippen MR) is 109 cm³/mol. The minimum Gasteiger partial charge on any atom is -0.386 e. The van der Waals surface area contributed by atoms with Gasteiger partial charge in [-0.05, 0) is 56.7 Å². The summed E-state index contributed by atoms with van der Waals surface area (Å²) in [6, 6.07) is 7.75. The number of benzene rings is 2. The highest BCUT2D eigenvalue weighted by atomic mass is 32.2. The molecule has 31 heavy (non-hydrogen) atoms. The van der Waals surface area contributed by atoms with Crippen LogP contribution in [-0.2, 0) is 21.8 Å². The van der Waals surface area contributed by atoms with Crippen LogP contribution in [0, 0.1) is 5.82 Å². The second kappa shape index (κ2) is 8.07. The third-order valence-electron chi connectivity index (χ3n) is 5.34. The Hall–Kier alpha value is -2.17. The van der Waals surface area contributed by atoms with Gasteiger partial charge in [0.15, 0.2) is 0 Å². The number of piperazine rings is 1. The van der Waals surface area contributed by atoms with E-state index in [-0.39, 0.29) is 30.2 Å². The Kier molecular flexibility index (Phi) is 6.11. The van der Waals surface area contributed by atoms with Crippen molar-refractivity contribution in [3.63, 3.8) is 0 Å². The number of sulfonamides is 1. The van der Waals surface area contributed by atoms with Crippen LogP contribution in [0.15, 0.2) is 47.4 Å². The zero-order chi connectivity index (χ0) is 23.2. The molecule has 0 aliphatic carbocycles. The normalized spacial score (nSPS) is 19.0. The highest BCUT2D eigenvalue weighted by Crippen LogP contribution is 2.38. The lowest BCUT2D eigenvalue weighted by Crippen LogP contribution is -2.54. The highest BCUT2D eigenvalue weighted by molar-refractivity contribution is 7.89. The van der Waals surface area contributed by atoms with Crippen molar-refractivity contribution in [2.24, 2.45) is 0 Å². The van der Waals surface area contributed by atoms with Gasteiger partial charge in [-0.15, -0.1) is 0 Å². The molecule has 0 amide bonds. The van der Waals surface area contributed by atoms with E-state index in [2.05, 4.69) is 0 Å². The lowest BCUT2D eigenvalue weighted by atomic mass is 9.99. The Morgan fingerprint density at radius 3 is 2.16 bits per heavy atom. The molecule has 2 aromatic rings. The number of anilines is 1. The molecule has 1 aliphatic heterocycles. The van der Waals surface area contributed by atoms with Crippen LogP contribution >= 0.6 is 0 Å². The van der Waals surface area contributed by atoms with Gasteiger partial charge in [0.25, 0.3) is 0 Å². The summed E-state index contributed by atoms with van der Waals surface area (Å²) in [4.78, 5) is 1.47. The van der Waals surface area contributed by atoms with E-state index < -0.39 is 39.2 Å². The first kappa shape index (κ1) is 23.5. The largest absolute Gasteiger partial charge is 0.418 e. The average Bonchev–Trinajstić information content (AvgIpc) is 2.66. The van der Waals surface area contributed by atoms with Crippen LogP contribution in [0.25, 0.3) is 0 Å². The molecule has 0 saturated carbocycles. The van der Waals surface area contributed by atoms with Crippen molar-refractivity contribution in [3.05, 3.63) is 59.4 Å². The number of aliphatic hydroxyl groups is 1. The molecule has 0 unspecified atom stereocenters. The molecule has 170 valence electrons. The van der Waals surface area contributed by atoms with Gasteiger partial charge in [0.2, 0.25) is 10.0 Å². The number of hydrogen-bond donors (Lipinski definition) is 1. The maximum Gasteiger partial charge on any atom is 0.418 e. The van der Waals surface area contributed by atoms with E-state index in [9.17, 15) is 31.1 Å². The molecule has 1 N–H and O–H groups in total. The fourth-order valence-corrected chi connectivity index (χ4v) is 5.31. The van der Waals surface area contributed by atoms with Gasteiger partial charge in [0.05, 0.1) is 16.1 Å². The molecule has 1 saturated heterocycles. The summed E-state index contributed by atoms with van der Waals surface area (Å²) in [5.74, 6) is -0.986. The van der Waals surface area contributed by atoms with Gasteiger partial charge in [0.1, 0.15) is 5.82 Å². The van der Waals surface area contributed by atoms with Gasteiger partial charge in [-0.2, -0.15) is 17.5 Å². The molecular weight excluding hydrogens is 436 g/mol. The van der Waals surface area contributed by atoms with Crippen LogP contribution in [0.1, 0.15) is 31.9 Å². The summed E-state index contributed by atoms with van der Waals surface area (Å²) in [5.41, 5.74) is -1.82. The van der Waals surface area contributed by atoms with Gasteiger partial charge in [-0.1, -0.05) is 12.1 Å². The number of nitrogens with zero attached hydrogens (tertiary/aromatic N) is 2. The summed E-state index contributed by atoms with van der Waals surface area (Å²) in [6.45, 7) is 4.82. The number of hydrogen-bond acceptors (Lipinski definition) is 4. The molecule has 1 heterocycles. The molecule has 0 bridgehead atoms. The first-order chi connectivity index (χ1) is 14.2. The highest BCUT2D eigenvalue weighted by Gasteiger charge is 2.39. The van der Waals surface area contributed by atoms with Gasteiger partial charge >= 0.3 is 6.18 Å². The monoisotopic (exact) mass is 460 g/mol. The van der Waals surface area contributed by atoms with Crippen molar-refractivity contribution in [1.82, 2.24) is 4.31 Å². The minimum absolute atomic E-state index is 0.0224. The third-order valence-corrected chi connectivity index (χ3v) is 7.37. The van der Waals surface area contributed by atoms with E-state index in [4.69, 9.17) is 0 Å². The first-order valence-electron chi connectivity index (χ1n) is 9.68. The number of alkyl halides is 3. The Bertz CT molecular complexity index is 1050. The first-order valence-corrected chi connectivity index (χ1v) is 11.1. The summed E-state index contributed by atoms with van der Waals surface area (Å²) >= 11 is 0. The minimum atomic E-state index is -4.73. The summed E-state index contributed by atoms with van der Waals surface area (Å²) in [5, 5.41) is 10.0. The number of rotatable bonds is 4. The van der Waals surface area contributed by atoms with Crippen LogP contribution < -0.4 is 4.90 Å². The van der Waals surface area contributed by atoms with Gasteiger partial charge in [-0.25, -0.2) is 12.8 Å². The molecule has 0 radical (unpaired) electrons. The topological polar surface area (TPSA) is 60.9 Å². The Balaban J connectivity index is 1.84. The molecule has 0 aromatic heterocycles. The maximum atomic E-state index is 13.4. The molecule has 5 nitrogen and oxygen atoms in total. The SMILES string of the molecule is C[C@@H]1CN(c2ccc(F)cc2C(F)(F)F)CCN1S(=O)(=O)c1ccc(C(C)(C)O)cc1. The van der Waals surface area contributed by atoms with Crippen molar-refractivity contribution in [2.45, 2.75) is 43.5 Å². The second-order valence-corrected chi connectivity index (χ2v) is 10.0. The summed E-state index contributed by atoms with van der Waals surface area (Å²) in [6.07, 6.45) is -4.73. The lowest BCUT2D eigenvalue weighted by Gasteiger charge is -2.40. The van der Waals surface area contributed by atoms with E-state index in [0.29, 0.717) is 11.6 Å². The van der Waals surface area contributed by atoms with Crippen LogP contribution in [0.5, 0.6) is 0 Å². The summed E-state index contributed by atoms with van der Waals surface area (Å²) in [7, 11) is -3.88. The van der Waals surface area contributed by atoms with E-state index in [1.807, 2.05) is 0 Å². The molecule has 10 heteroatoms. The maximum absolute atomic E-state index is 13.4. The van der Waals surface area contributed by atoms with Crippen LogP contribution in [0.4, 0.5) is 23.2 Å². The van der Waals surface area contributed by atoms with Gasteiger partial charge in [-0.3, -0.25) is 0 Å². The Labute approximate surface area is 179 Å². The second-order valence-electron chi connectivity index (χ2n) is 8.15. The molecular formula is C21H24F4N2O3S. The quantitative estimate of drug-likeness (QED) is 0.702. The zero-order valence-corrected chi connectivity index (χ0v) is 18.1. The fourth-order valence-electron chi connectivity index (χ4n) is 3.70. The van der Waals surface area contributed by atoms with Crippen molar-refractivity contribution >= 4 is 15.7 Å². The van der Waals surface area contributed by atoms with Gasteiger partial charge < -0.3 is 10.0 Å². The van der Waals surface area contributed by atoms with Crippen molar-refractivity contribution in [2.75, 3.05) is 24.5 Å².